The van der Waals surface area contributed by atoms with Crippen molar-refractivity contribution in [1.82, 2.24) is 9.80 Å². The number of benzene rings is 1. The molecule has 1 aromatic rings. The Labute approximate surface area is 166 Å². The molecule has 0 radical (unpaired) electrons. The molecule has 1 amide bonds. The Morgan fingerprint density at radius 3 is 2.38 bits per heavy atom. The van der Waals surface area contributed by atoms with Crippen molar-refractivity contribution in [2.75, 3.05) is 42.6 Å². The van der Waals surface area contributed by atoms with E-state index in [2.05, 4.69) is 63.7 Å². The molecule has 3 aliphatic heterocycles. The van der Waals surface area contributed by atoms with Crippen molar-refractivity contribution in [3.05, 3.63) is 35.9 Å². The van der Waals surface area contributed by atoms with Crippen LogP contribution in [0.25, 0.3) is 0 Å². The smallest absolute Gasteiger partial charge is 0.225 e. The predicted octanol–water partition coefficient (Wildman–Crippen LogP) is 3.62. The third kappa shape index (κ3) is 3.67. The van der Waals surface area contributed by atoms with Crippen molar-refractivity contribution < 1.29 is 4.79 Å². The van der Waals surface area contributed by atoms with E-state index < -0.39 is 0 Å². The summed E-state index contributed by atoms with van der Waals surface area (Å²) in [5.74, 6) is 6.75. The van der Waals surface area contributed by atoms with E-state index in [0.29, 0.717) is 23.8 Å². The van der Waals surface area contributed by atoms with Crippen LogP contribution < -0.4 is 0 Å². The fourth-order valence-corrected chi connectivity index (χ4v) is 7.46. The standard InChI is InChI=1S/C21H30N2OS2/c1-15(2)21(24)23-11-17-10-22(18-13-25-8-9-26-14-18)12-19(17)20(23)16-6-4-3-5-7-16/h3-7,15,17-20H,8-14H2,1-2H3/t17-,19-,20+/m0/s1. The van der Waals surface area contributed by atoms with Gasteiger partial charge in [-0.05, 0) is 11.5 Å². The van der Waals surface area contributed by atoms with Gasteiger partial charge in [0.15, 0.2) is 0 Å². The minimum absolute atomic E-state index is 0.0748. The minimum Gasteiger partial charge on any atom is -0.335 e. The van der Waals surface area contributed by atoms with Gasteiger partial charge in [0.1, 0.15) is 0 Å². The van der Waals surface area contributed by atoms with Gasteiger partial charge in [0, 0.05) is 60.5 Å². The van der Waals surface area contributed by atoms with E-state index in [1.165, 1.54) is 35.1 Å². The van der Waals surface area contributed by atoms with Crippen LogP contribution in [0.5, 0.6) is 0 Å². The van der Waals surface area contributed by atoms with Gasteiger partial charge in [-0.2, -0.15) is 23.5 Å². The molecule has 26 heavy (non-hydrogen) atoms. The highest BCUT2D eigenvalue weighted by Crippen LogP contribution is 2.46. The molecule has 3 nitrogen and oxygen atoms in total. The number of rotatable bonds is 3. The van der Waals surface area contributed by atoms with Crippen LogP contribution in [-0.2, 0) is 4.79 Å². The van der Waals surface area contributed by atoms with Gasteiger partial charge in [-0.25, -0.2) is 0 Å². The van der Waals surface area contributed by atoms with Crippen molar-refractivity contribution in [2.24, 2.45) is 17.8 Å². The maximum atomic E-state index is 12.9. The zero-order valence-electron chi connectivity index (χ0n) is 15.8. The summed E-state index contributed by atoms with van der Waals surface area (Å²) in [6, 6.07) is 11.7. The second-order valence-corrected chi connectivity index (χ2v) is 10.5. The highest BCUT2D eigenvalue weighted by molar-refractivity contribution is 8.03. The van der Waals surface area contributed by atoms with E-state index in [0.717, 1.165) is 13.1 Å². The lowest BCUT2D eigenvalue weighted by Gasteiger charge is -2.33. The van der Waals surface area contributed by atoms with Crippen LogP contribution in [0.3, 0.4) is 0 Å². The summed E-state index contributed by atoms with van der Waals surface area (Å²) in [7, 11) is 0. The van der Waals surface area contributed by atoms with Gasteiger partial charge in [-0.3, -0.25) is 9.69 Å². The van der Waals surface area contributed by atoms with Crippen LogP contribution in [0.15, 0.2) is 30.3 Å². The monoisotopic (exact) mass is 390 g/mol. The molecule has 4 rings (SSSR count). The molecule has 0 bridgehead atoms. The number of hydrogen-bond acceptors (Lipinski definition) is 4. The molecular formula is C21H30N2OS2. The average molecular weight is 391 g/mol. The summed E-state index contributed by atoms with van der Waals surface area (Å²) in [5.41, 5.74) is 1.32. The van der Waals surface area contributed by atoms with Gasteiger partial charge in [0.2, 0.25) is 5.91 Å². The molecule has 3 saturated heterocycles. The first-order chi connectivity index (χ1) is 12.6. The number of carbonyl (C=O) groups excluding carboxylic acids is 1. The normalized spacial score (nSPS) is 30.6. The quantitative estimate of drug-likeness (QED) is 0.786. The summed E-state index contributed by atoms with van der Waals surface area (Å²) in [6.45, 7) is 7.32. The molecule has 3 aliphatic rings. The molecule has 0 aromatic heterocycles. The Hall–Kier alpha value is -0.650. The number of amides is 1. The van der Waals surface area contributed by atoms with Crippen LogP contribution in [0.1, 0.15) is 25.5 Å². The third-order valence-electron chi connectivity index (χ3n) is 6.12. The lowest BCUT2D eigenvalue weighted by atomic mass is 9.89. The molecule has 3 atom stereocenters. The maximum Gasteiger partial charge on any atom is 0.225 e. The Balaban J connectivity index is 1.55. The largest absolute Gasteiger partial charge is 0.335 e. The Bertz CT molecular complexity index is 616. The molecule has 0 aliphatic carbocycles. The van der Waals surface area contributed by atoms with E-state index >= 15 is 0 Å². The number of carbonyl (C=O) groups is 1. The summed E-state index contributed by atoms with van der Waals surface area (Å²) in [5, 5.41) is 0. The van der Waals surface area contributed by atoms with Gasteiger partial charge in [0.05, 0.1) is 6.04 Å². The molecule has 0 N–H and O–H groups in total. The third-order valence-corrected chi connectivity index (χ3v) is 8.60. The summed E-state index contributed by atoms with van der Waals surface area (Å²) < 4.78 is 0. The topological polar surface area (TPSA) is 23.6 Å². The molecule has 0 saturated carbocycles. The van der Waals surface area contributed by atoms with Crippen LogP contribution >= 0.6 is 23.5 Å². The summed E-state index contributed by atoms with van der Waals surface area (Å²) >= 11 is 4.24. The van der Waals surface area contributed by atoms with Crippen molar-refractivity contribution in [3.63, 3.8) is 0 Å². The molecule has 0 spiro atoms. The number of hydrogen-bond donors (Lipinski definition) is 0. The lowest BCUT2D eigenvalue weighted by Crippen LogP contribution is -2.42. The molecule has 5 heteroatoms. The molecule has 1 aromatic carbocycles. The highest BCUT2D eigenvalue weighted by Gasteiger charge is 2.50. The number of thioether (sulfide) groups is 2. The first kappa shape index (κ1) is 18.7. The SMILES string of the molecule is CC(C)C(=O)N1C[C@@H]2CN(C3CSCCSC3)C[C@@H]2[C@H]1c1ccccc1. The van der Waals surface area contributed by atoms with E-state index in [1.54, 1.807) is 0 Å². The van der Waals surface area contributed by atoms with E-state index in [1.807, 2.05) is 13.8 Å². The summed E-state index contributed by atoms with van der Waals surface area (Å²) in [6.07, 6.45) is 0. The van der Waals surface area contributed by atoms with Gasteiger partial charge in [-0.1, -0.05) is 44.2 Å². The van der Waals surface area contributed by atoms with Crippen molar-refractivity contribution in [2.45, 2.75) is 25.9 Å². The van der Waals surface area contributed by atoms with Crippen LogP contribution in [0.2, 0.25) is 0 Å². The van der Waals surface area contributed by atoms with Crippen LogP contribution in [-0.4, -0.2) is 64.4 Å². The number of nitrogens with zero attached hydrogens (tertiary/aromatic N) is 2. The number of likely N-dealkylation sites (tertiary alicyclic amines) is 2. The second kappa shape index (κ2) is 8.15. The van der Waals surface area contributed by atoms with Gasteiger partial charge in [-0.15, -0.1) is 0 Å². The Morgan fingerprint density at radius 2 is 1.73 bits per heavy atom. The van der Waals surface area contributed by atoms with Crippen LogP contribution in [0.4, 0.5) is 0 Å². The molecule has 0 unspecified atom stereocenters. The maximum absolute atomic E-state index is 12.9. The zero-order chi connectivity index (χ0) is 18.1. The fraction of sp³-hybridized carbons (Fsp3) is 0.667. The second-order valence-electron chi connectivity index (χ2n) is 8.18. The molecule has 142 valence electrons. The first-order valence-electron chi connectivity index (χ1n) is 9.90. The van der Waals surface area contributed by atoms with Crippen LogP contribution in [0, 0.1) is 17.8 Å². The Kier molecular flexibility index (Phi) is 5.87. The fourth-order valence-electron chi connectivity index (χ4n) is 4.83. The number of fused-ring (bicyclic) bond motifs is 1. The molecule has 3 fully saturated rings. The average Bonchev–Trinajstić information content (AvgIpc) is 3.08. The molecule has 3 heterocycles. The van der Waals surface area contributed by atoms with Gasteiger partial charge in [0.25, 0.3) is 0 Å². The molecular weight excluding hydrogens is 360 g/mol. The van der Waals surface area contributed by atoms with Crippen molar-refractivity contribution in [1.29, 1.82) is 0 Å². The lowest BCUT2D eigenvalue weighted by molar-refractivity contribution is -0.136. The zero-order valence-corrected chi connectivity index (χ0v) is 17.5. The van der Waals surface area contributed by atoms with Crippen molar-refractivity contribution >= 4 is 29.4 Å². The van der Waals surface area contributed by atoms with E-state index in [-0.39, 0.29) is 12.0 Å². The Morgan fingerprint density at radius 1 is 1.04 bits per heavy atom. The van der Waals surface area contributed by atoms with Gasteiger partial charge < -0.3 is 4.90 Å². The predicted molar refractivity (Wildman–Crippen MR) is 113 cm³/mol. The van der Waals surface area contributed by atoms with E-state index in [9.17, 15) is 4.79 Å². The van der Waals surface area contributed by atoms with E-state index in [4.69, 9.17) is 0 Å². The summed E-state index contributed by atoms with van der Waals surface area (Å²) in [4.78, 5) is 17.8. The van der Waals surface area contributed by atoms with Gasteiger partial charge >= 0.3 is 0 Å². The highest BCUT2D eigenvalue weighted by atomic mass is 32.2. The first-order valence-corrected chi connectivity index (χ1v) is 12.2. The minimum atomic E-state index is 0.0748. The van der Waals surface area contributed by atoms with Crippen molar-refractivity contribution in [3.8, 4) is 0 Å².